The van der Waals surface area contributed by atoms with Crippen molar-refractivity contribution < 1.29 is 22.7 Å². The molecule has 1 N–H and O–H groups in total. The first-order valence-electron chi connectivity index (χ1n) is 11.1. The van der Waals surface area contributed by atoms with Gasteiger partial charge in [0.1, 0.15) is 5.82 Å². The molecular formula is C26H25FN2O4S. The molecule has 0 spiro atoms. The monoisotopic (exact) mass is 480 g/mol. The maximum atomic E-state index is 13.7. The van der Waals surface area contributed by atoms with Crippen LogP contribution in [0.2, 0.25) is 0 Å². The number of hydrogen-bond donors (Lipinski definition) is 1. The van der Waals surface area contributed by atoms with E-state index in [-0.39, 0.29) is 36.4 Å². The second kappa shape index (κ2) is 8.61. The molecule has 3 atom stereocenters. The second-order valence-electron chi connectivity index (χ2n) is 8.89. The number of sulfonamides is 1. The first kappa shape index (κ1) is 22.7. The minimum atomic E-state index is -4.03. The number of amides is 1. The predicted molar refractivity (Wildman–Crippen MR) is 126 cm³/mol. The number of carbonyl (C=O) groups is 1. The molecule has 176 valence electrons. The SMILES string of the molecule is Cc1ccc(-c2ccc([C@@H]3[C@@H](CO)N4C(=O)CN(S(=O)(=O)c5cccc(F)c5)C[C@H]34)cc2)cc1. The smallest absolute Gasteiger partial charge is 0.243 e. The topological polar surface area (TPSA) is 77.9 Å². The number of piperazine rings is 1. The molecule has 0 aromatic heterocycles. The summed E-state index contributed by atoms with van der Waals surface area (Å²) >= 11 is 0. The Bertz CT molecular complexity index is 1330. The fourth-order valence-corrected chi connectivity index (χ4v) is 6.51. The van der Waals surface area contributed by atoms with Crippen LogP contribution in [0.25, 0.3) is 11.1 Å². The van der Waals surface area contributed by atoms with Crippen LogP contribution >= 0.6 is 0 Å². The summed E-state index contributed by atoms with van der Waals surface area (Å²) < 4.78 is 41.0. The first-order valence-corrected chi connectivity index (χ1v) is 12.6. The van der Waals surface area contributed by atoms with Crippen LogP contribution < -0.4 is 0 Å². The summed E-state index contributed by atoms with van der Waals surface area (Å²) in [5.41, 5.74) is 4.26. The average Bonchev–Trinajstić information content (AvgIpc) is 2.81. The van der Waals surface area contributed by atoms with Gasteiger partial charge in [0.05, 0.1) is 30.1 Å². The minimum Gasteiger partial charge on any atom is -0.394 e. The zero-order valence-electron chi connectivity index (χ0n) is 18.6. The van der Waals surface area contributed by atoms with E-state index >= 15 is 0 Å². The molecule has 3 aromatic carbocycles. The third-order valence-electron chi connectivity index (χ3n) is 6.84. The zero-order valence-corrected chi connectivity index (χ0v) is 19.5. The minimum absolute atomic E-state index is 0.0888. The highest BCUT2D eigenvalue weighted by Gasteiger charge is 2.55. The van der Waals surface area contributed by atoms with Gasteiger partial charge in [0.25, 0.3) is 0 Å². The van der Waals surface area contributed by atoms with Gasteiger partial charge in [0.15, 0.2) is 0 Å². The number of fused-ring (bicyclic) bond motifs is 1. The Morgan fingerprint density at radius 3 is 2.26 bits per heavy atom. The van der Waals surface area contributed by atoms with Gasteiger partial charge in [-0.05, 0) is 41.8 Å². The van der Waals surface area contributed by atoms with E-state index in [1.54, 1.807) is 4.90 Å². The molecule has 8 heteroatoms. The van der Waals surface area contributed by atoms with Crippen LogP contribution in [0.15, 0.2) is 77.7 Å². The molecule has 2 aliphatic heterocycles. The van der Waals surface area contributed by atoms with Crippen molar-refractivity contribution in [1.29, 1.82) is 0 Å². The molecule has 1 amide bonds. The number of hydrogen-bond acceptors (Lipinski definition) is 4. The maximum absolute atomic E-state index is 13.7. The van der Waals surface area contributed by atoms with Crippen LogP contribution in [0.3, 0.4) is 0 Å². The quantitative estimate of drug-likeness (QED) is 0.609. The Labute approximate surface area is 198 Å². The van der Waals surface area contributed by atoms with Crippen LogP contribution in [-0.2, 0) is 14.8 Å². The first-order chi connectivity index (χ1) is 16.3. The molecule has 0 unspecified atom stereocenters. The molecule has 2 heterocycles. The summed E-state index contributed by atoms with van der Waals surface area (Å²) in [7, 11) is -4.03. The van der Waals surface area contributed by atoms with E-state index in [4.69, 9.17) is 0 Å². The zero-order chi connectivity index (χ0) is 24.0. The van der Waals surface area contributed by atoms with E-state index in [9.17, 15) is 22.7 Å². The van der Waals surface area contributed by atoms with Crippen molar-refractivity contribution in [3.63, 3.8) is 0 Å². The number of aliphatic hydroxyl groups excluding tert-OH is 1. The van der Waals surface area contributed by atoms with Crippen LogP contribution in [0.1, 0.15) is 17.0 Å². The lowest BCUT2D eigenvalue weighted by molar-refractivity contribution is -0.158. The average molecular weight is 481 g/mol. The molecular weight excluding hydrogens is 455 g/mol. The van der Waals surface area contributed by atoms with Gasteiger partial charge < -0.3 is 10.0 Å². The fourth-order valence-electron chi connectivity index (χ4n) is 5.07. The van der Waals surface area contributed by atoms with Crippen molar-refractivity contribution in [3.8, 4) is 11.1 Å². The van der Waals surface area contributed by atoms with Crippen molar-refractivity contribution in [2.75, 3.05) is 19.7 Å². The van der Waals surface area contributed by atoms with E-state index in [0.29, 0.717) is 0 Å². The van der Waals surface area contributed by atoms with Gasteiger partial charge in [0.2, 0.25) is 15.9 Å². The van der Waals surface area contributed by atoms with E-state index in [2.05, 4.69) is 24.3 Å². The normalized spacial score (nSPS) is 22.9. The molecule has 2 aliphatic rings. The molecule has 0 saturated carbocycles. The van der Waals surface area contributed by atoms with Gasteiger partial charge in [0, 0.05) is 12.5 Å². The molecule has 0 aliphatic carbocycles. The standard InChI is InChI=1S/C26H25FN2O4S/c1-17-5-7-18(8-6-17)19-9-11-20(12-10-19)26-23-14-28(15-25(31)29(23)24(26)16-30)34(32,33)22-4-2-3-21(27)13-22/h2-13,23-24,26,30H,14-16H2,1H3/t23-,24-,26+/m1/s1. The number of carbonyl (C=O) groups excluding carboxylic acids is 1. The molecule has 3 aromatic rings. The van der Waals surface area contributed by atoms with Crippen LogP contribution in [0.4, 0.5) is 4.39 Å². The number of halogens is 1. The van der Waals surface area contributed by atoms with Gasteiger partial charge >= 0.3 is 0 Å². The van der Waals surface area contributed by atoms with Crippen molar-refractivity contribution in [2.24, 2.45) is 0 Å². The summed E-state index contributed by atoms with van der Waals surface area (Å²) in [5.74, 6) is -1.21. The number of benzene rings is 3. The lowest BCUT2D eigenvalue weighted by atomic mass is 9.74. The highest BCUT2D eigenvalue weighted by Crippen LogP contribution is 2.44. The summed E-state index contributed by atoms with van der Waals surface area (Å²) in [6.45, 7) is 1.59. The lowest BCUT2D eigenvalue weighted by Crippen LogP contribution is -2.73. The van der Waals surface area contributed by atoms with Gasteiger partial charge in [-0.2, -0.15) is 4.31 Å². The molecule has 5 rings (SSSR count). The highest BCUT2D eigenvalue weighted by molar-refractivity contribution is 7.89. The van der Waals surface area contributed by atoms with Crippen molar-refractivity contribution >= 4 is 15.9 Å². The number of aryl methyl sites for hydroxylation is 1. The van der Waals surface area contributed by atoms with Gasteiger partial charge in [-0.1, -0.05) is 60.2 Å². The predicted octanol–water partition coefficient (Wildman–Crippen LogP) is 3.16. The third kappa shape index (κ3) is 3.81. The van der Waals surface area contributed by atoms with E-state index in [1.165, 1.54) is 23.8 Å². The van der Waals surface area contributed by atoms with Gasteiger partial charge in [-0.3, -0.25) is 4.79 Å². The van der Waals surface area contributed by atoms with Crippen LogP contribution in [0, 0.1) is 12.7 Å². The van der Waals surface area contributed by atoms with Crippen LogP contribution in [0.5, 0.6) is 0 Å². The molecule has 2 fully saturated rings. The Morgan fingerprint density at radius 2 is 1.65 bits per heavy atom. The van der Waals surface area contributed by atoms with Gasteiger partial charge in [-0.25, -0.2) is 12.8 Å². The summed E-state index contributed by atoms with van der Waals surface area (Å²) in [4.78, 5) is 14.3. The third-order valence-corrected chi connectivity index (χ3v) is 8.64. The molecule has 2 saturated heterocycles. The fraction of sp³-hybridized carbons (Fsp3) is 0.269. The number of nitrogens with zero attached hydrogens (tertiary/aromatic N) is 2. The Balaban J connectivity index is 1.42. The Morgan fingerprint density at radius 1 is 1.00 bits per heavy atom. The molecule has 0 bridgehead atoms. The van der Waals surface area contributed by atoms with Crippen molar-refractivity contribution in [3.05, 3.63) is 89.7 Å². The Kier molecular flexibility index (Phi) is 5.75. The molecule has 0 radical (unpaired) electrons. The summed E-state index contributed by atoms with van der Waals surface area (Å²) in [6.07, 6.45) is 0. The van der Waals surface area contributed by atoms with Crippen LogP contribution in [-0.4, -0.2) is 60.4 Å². The molecule has 34 heavy (non-hydrogen) atoms. The summed E-state index contributed by atoms with van der Waals surface area (Å²) in [5, 5.41) is 10.00. The van der Waals surface area contributed by atoms with Crippen molar-refractivity contribution in [2.45, 2.75) is 29.8 Å². The number of aliphatic hydroxyl groups is 1. The second-order valence-corrected chi connectivity index (χ2v) is 10.8. The largest absolute Gasteiger partial charge is 0.394 e. The lowest BCUT2D eigenvalue weighted by Gasteiger charge is -2.58. The number of rotatable bonds is 5. The maximum Gasteiger partial charge on any atom is 0.243 e. The molecule has 6 nitrogen and oxygen atoms in total. The Hall–Kier alpha value is -3.07. The van der Waals surface area contributed by atoms with Crippen molar-refractivity contribution in [1.82, 2.24) is 9.21 Å². The summed E-state index contributed by atoms with van der Waals surface area (Å²) in [6, 6.07) is 20.2. The van der Waals surface area contributed by atoms with Gasteiger partial charge in [-0.15, -0.1) is 0 Å². The highest BCUT2D eigenvalue weighted by atomic mass is 32.2. The van der Waals surface area contributed by atoms with E-state index in [0.717, 1.165) is 27.1 Å². The van der Waals surface area contributed by atoms with E-state index < -0.39 is 27.9 Å². The van der Waals surface area contributed by atoms with E-state index in [1.807, 2.05) is 31.2 Å².